The average Bonchev–Trinajstić information content (AvgIpc) is 3.24. The molecule has 150 valence electrons. The van der Waals surface area contributed by atoms with Gasteiger partial charge in [-0.3, -0.25) is 14.7 Å². The number of rotatable bonds is 4. The van der Waals surface area contributed by atoms with Gasteiger partial charge in [-0.25, -0.2) is 0 Å². The van der Waals surface area contributed by atoms with Gasteiger partial charge in [-0.05, 0) is 32.9 Å². The predicted molar refractivity (Wildman–Crippen MR) is 109 cm³/mol. The highest BCUT2D eigenvalue weighted by Gasteiger charge is 2.28. The van der Waals surface area contributed by atoms with Crippen LogP contribution in [-0.4, -0.2) is 57.0 Å². The van der Waals surface area contributed by atoms with E-state index in [1.165, 1.54) is 5.56 Å². The summed E-state index contributed by atoms with van der Waals surface area (Å²) in [5, 5.41) is 4.14. The fourth-order valence-corrected chi connectivity index (χ4v) is 3.47. The second-order valence-corrected chi connectivity index (χ2v) is 7.51. The van der Waals surface area contributed by atoms with E-state index in [0.29, 0.717) is 30.4 Å². The summed E-state index contributed by atoms with van der Waals surface area (Å²) in [5.74, 6) is 1.24. The van der Waals surface area contributed by atoms with Gasteiger partial charge >= 0.3 is 0 Å². The van der Waals surface area contributed by atoms with E-state index in [9.17, 15) is 4.79 Å². The van der Waals surface area contributed by atoms with E-state index in [2.05, 4.69) is 26.9 Å². The minimum atomic E-state index is -0.00000747. The molecule has 29 heavy (non-hydrogen) atoms. The van der Waals surface area contributed by atoms with Crippen molar-refractivity contribution >= 4 is 5.91 Å². The normalized spacial score (nSPS) is 16.0. The van der Waals surface area contributed by atoms with E-state index in [0.717, 1.165) is 24.3 Å². The Bertz CT molecular complexity index is 973. The number of aryl methyl sites for hydroxylation is 2. The Morgan fingerprint density at radius 1 is 1.03 bits per heavy atom. The Kier molecular flexibility index (Phi) is 5.40. The molecule has 1 aromatic carbocycles. The molecule has 3 aromatic rings. The van der Waals surface area contributed by atoms with Crippen LogP contribution in [0.5, 0.6) is 0 Å². The Morgan fingerprint density at radius 3 is 2.41 bits per heavy atom. The first-order chi connectivity index (χ1) is 14.0. The summed E-state index contributed by atoms with van der Waals surface area (Å²) in [6.07, 6.45) is 1.65. The highest BCUT2D eigenvalue weighted by Crippen LogP contribution is 2.24. The molecule has 0 bridgehead atoms. The first-order valence-electron chi connectivity index (χ1n) is 9.88. The van der Waals surface area contributed by atoms with Crippen molar-refractivity contribution in [2.24, 2.45) is 0 Å². The number of hydrogen-bond donors (Lipinski definition) is 0. The second-order valence-electron chi connectivity index (χ2n) is 7.51. The van der Waals surface area contributed by atoms with E-state index < -0.39 is 0 Å². The topological polar surface area (TPSA) is 75.4 Å². The highest BCUT2D eigenvalue weighted by atomic mass is 16.5. The molecule has 7 heteroatoms. The Balaban J connectivity index is 1.38. The van der Waals surface area contributed by atoms with E-state index in [1.807, 2.05) is 55.1 Å². The van der Waals surface area contributed by atoms with Crippen LogP contribution >= 0.6 is 0 Å². The molecule has 0 radical (unpaired) electrons. The third kappa shape index (κ3) is 4.19. The van der Waals surface area contributed by atoms with Gasteiger partial charge in [0.2, 0.25) is 11.7 Å². The van der Waals surface area contributed by atoms with Crippen LogP contribution in [0, 0.1) is 13.8 Å². The fourth-order valence-electron chi connectivity index (χ4n) is 3.47. The highest BCUT2D eigenvalue weighted by molar-refractivity contribution is 5.94. The molecule has 1 fully saturated rings. The smallest absolute Gasteiger partial charge is 0.255 e. The van der Waals surface area contributed by atoms with Gasteiger partial charge in [-0.1, -0.05) is 35.0 Å². The predicted octanol–water partition coefficient (Wildman–Crippen LogP) is 3.27. The zero-order chi connectivity index (χ0) is 20.4. The lowest BCUT2D eigenvalue weighted by molar-refractivity contribution is 0.0551. The van der Waals surface area contributed by atoms with Crippen LogP contribution in [0.4, 0.5) is 0 Å². The van der Waals surface area contributed by atoms with Gasteiger partial charge in [-0.15, -0.1) is 0 Å². The maximum absolute atomic E-state index is 12.7. The molecular formula is C22H25N5O2. The lowest BCUT2D eigenvalue weighted by atomic mass is 10.1. The number of nitrogens with zero attached hydrogens (tertiary/aromatic N) is 5. The van der Waals surface area contributed by atoms with Gasteiger partial charge in [-0.2, -0.15) is 4.98 Å². The number of piperazine rings is 1. The van der Waals surface area contributed by atoms with E-state index >= 15 is 0 Å². The summed E-state index contributed by atoms with van der Waals surface area (Å²) >= 11 is 0. The summed E-state index contributed by atoms with van der Waals surface area (Å²) in [5.41, 5.74) is 3.68. The van der Waals surface area contributed by atoms with Gasteiger partial charge in [0.15, 0.2) is 0 Å². The molecule has 1 aliphatic heterocycles. The van der Waals surface area contributed by atoms with Gasteiger partial charge in [0, 0.05) is 43.6 Å². The average molecular weight is 391 g/mol. The zero-order valence-electron chi connectivity index (χ0n) is 17.0. The lowest BCUT2D eigenvalue weighted by Crippen LogP contribution is -2.49. The van der Waals surface area contributed by atoms with Gasteiger partial charge < -0.3 is 9.42 Å². The quantitative estimate of drug-likeness (QED) is 0.679. The monoisotopic (exact) mass is 391 g/mol. The largest absolute Gasteiger partial charge is 0.337 e. The van der Waals surface area contributed by atoms with E-state index in [1.54, 1.807) is 6.20 Å². The fraction of sp³-hybridized carbons (Fsp3) is 0.364. The number of amides is 1. The van der Waals surface area contributed by atoms with E-state index in [-0.39, 0.29) is 11.9 Å². The molecule has 0 N–H and O–H groups in total. The third-order valence-electron chi connectivity index (χ3n) is 5.42. The van der Waals surface area contributed by atoms with Gasteiger partial charge in [0.1, 0.15) is 0 Å². The minimum absolute atomic E-state index is 0.00000747. The summed E-state index contributed by atoms with van der Waals surface area (Å²) in [6, 6.07) is 11.8. The number of pyridine rings is 1. The Labute approximate surface area is 170 Å². The molecule has 0 aliphatic carbocycles. The molecule has 1 unspecified atom stereocenters. The van der Waals surface area contributed by atoms with Crippen molar-refractivity contribution in [1.29, 1.82) is 0 Å². The summed E-state index contributed by atoms with van der Waals surface area (Å²) < 4.78 is 5.53. The van der Waals surface area contributed by atoms with Crippen LogP contribution in [0.3, 0.4) is 0 Å². The lowest BCUT2D eigenvalue weighted by Gasteiger charge is -2.36. The first-order valence-corrected chi connectivity index (χ1v) is 9.88. The molecule has 3 heterocycles. The molecule has 1 amide bonds. The van der Waals surface area contributed by atoms with Crippen LogP contribution in [-0.2, 0) is 0 Å². The number of hydrogen-bond acceptors (Lipinski definition) is 6. The van der Waals surface area contributed by atoms with E-state index in [4.69, 9.17) is 4.52 Å². The van der Waals surface area contributed by atoms with Gasteiger partial charge in [0.05, 0.1) is 11.6 Å². The summed E-state index contributed by atoms with van der Waals surface area (Å²) in [6.45, 7) is 8.87. The molecular weight excluding hydrogens is 366 g/mol. The molecule has 1 aliphatic rings. The number of benzene rings is 1. The molecule has 0 spiro atoms. The Hall–Kier alpha value is -3.06. The maximum Gasteiger partial charge on any atom is 0.255 e. The third-order valence-corrected chi connectivity index (χ3v) is 5.42. The van der Waals surface area contributed by atoms with Crippen LogP contribution < -0.4 is 0 Å². The molecule has 2 aromatic heterocycles. The number of aromatic nitrogens is 3. The van der Waals surface area contributed by atoms with Crippen molar-refractivity contribution in [3.8, 4) is 11.4 Å². The number of carbonyl (C=O) groups is 1. The molecule has 1 atom stereocenters. The van der Waals surface area contributed by atoms with Crippen LogP contribution in [0.25, 0.3) is 11.4 Å². The standard InChI is InChI=1S/C22H25N5O2/c1-15-4-7-18(8-5-15)20-24-21(29-25-20)17(3)26-10-12-27(13-11-26)22(28)19-9-6-16(2)23-14-19/h4-9,14,17H,10-13H2,1-3H3. The molecule has 7 nitrogen and oxygen atoms in total. The molecule has 0 saturated carbocycles. The van der Waals surface area contributed by atoms with Crippen molar-refractivity contribution in [2.75, 3.05) is 26.2 Å². The Morgan fingerprint density at radius 2 is 1.76 bits per heavy atom. The van der Waals surface area contributed by atoms with Crippen LogP contribution in [0.2, 0.25) is 0 Å². The minimum Gasteiger partial charge on any atom is -0.337 e. The molecule has 1 saturated heterocycles. The first kappa shape index (κ1) is 19.3. The zero-order valence-corrected chi connectivity index (χ0v) is 17.0. The van der Waals surface area contributed by atoms with Crippen molar-refractivity contribution in [3.63, 3.8) is 0 Å². The molecule has 4 rings (SSSR count). The maximum atomic E-state index is 12.7. The van der Waals surface area contributed by atoms with Crippen LogP contribution in [0.1, 0.15) is 40.5 Å². The van der Waals surface area contributed by atoms with Gasteiger partial charge in [0.25, 0.3) is 5.91 Å². The second kappa shape index (κ2) is 8.13. The van der Waals surface area contributed by atoms with Crippen molar-refractivity contribution in [3.05, 3.63) is 65.3 Å². The van der Waals surface area contributed by atoms with Crippen molar-refractivity contribution in [1.82, 2.24) is 24.9 Å². The number of carbonyl (C=O) groups excluding carboxylic acids is 1. The van der Waals surface area contributed by atoms with Crippen molar-refractivity contribution < 1.29 is 9.32 Å². The van der Waals surface area contributed by atoms with Crippen LogP contribution in [0.15, 0.2) is 47.1 Å². The summed E-state index contributed by atoms with van der Waals surface area (Å²) in [7, 11) is 0. The SMILES string of the molecule is Cc1ccc(-c2noc(C(C)N3CCN(C(=O)c4ccc(C)nc4)CC3)n2)cc1. The van der Waals surface area contributed by atoms with Crippen molar-refractivity contribution in [2.45, 2.75) is 26.8 Å². The summed E-state index contributed by atoms with van der Waals surface area (Å²) in [4.78, 5) is 25.6.